The molecule has 0 unspecified atom stereocenters. The molecule has 1 aromatic carbocycles. The fourth-order valence-electron chi connectivity index (χ4n) is 4.72. The molecule has 0 aliphatic carbocycles. The van der Waals surface area contributed by atoms with Gasteiger partial charge in [0, 0.05) is 37.4 Å². The Kier molecular flexibility index (Phi) is 7.52. The smallest absolute Gasteiger partial charge is 0.252 e. The van der Waals surface area contributed by atoms with E-state index < -0.39 is 0 Å². The molecule has 1 aliphatic rings. The fourth-order valence-corrected chi connectivity index (χ4v) is 4.72. The van der Waals surface area contributed by atoms with Crippen LogP contribution >= 0.6 is 0 Å². The SMILES string of the molecule is Cc1ccc2[nH]c(=O)c(CN(CCCO)[C@H](c3nnnn3C[C@H]3CCCO3)C(C)C)cc2c1. The van der Waals surface area contributed by atoms with E-state index >= 15 is 0 Å². The Morgan fingerprint density at radius 2 is 2.18 bits per heavy atom. The van der Waals surface area contributed by atoms with Crippen LogP contribution < -0.4 is 5.56 Å². The van der Waals surface area contributed by atoms with Crippen LogP contribution in [0.5, 0.6) is 0 Å². The molecule has 9 heteroatoms. The van der Waals surface area contributed by atoms with Crippen LogP contribution in [-0.2, 0) is 17.8 Å². The molecule has 1 saturated heterocycles. The van der Waals surface area contributed by atoms with E-state index in [4.69, 9.17) is 4.74 Å². The Hall–Kier alpha value is -2.62. The zero-order valence-corrected chi connectivity index (χ0v) is 19.7. The predicted octanol–water partition coefficient (Wildman–Crippen LogP) is 2.58. The fraction of sp³-hybridized carbons (Fsp3) is 0.583. The number of nitrogens with one attached hydrogen (secondary N) is 1. The lowest BCUT2D eigenvalue weighted by molar-refractivity contribution is 0.0851. The molecule has 178 valence electrons. The number of aliphatic hydroxyl groups is 1. The van der Waals surface area contributed by atoms with E-state index in [2.05, 4.69) is 45.3 Å². The summed E-state index contributed by atoms with van der Waals surface area (Å²) in [5.41, 5.74) is 2.57. The molecule has 2 aromatic heterocycles. The van der Waals surface area contributed by atoms with Crippen molar-refractivity contribution in [2.24, 2.45) is 5.92 Å². The molecular formula is C24H34N6O3. The van der Waals surface area contributed by atoms with Gasteiger partial charge in [0.1, 0.15) is 0 Å². The molecule has 0 saturated carbocycles. The van der Waals surface area contributed by atoms with Crippen LogP contribution in [-0.4, -0.2) is 61.1 Å². The van der Waals surface area contributed by atoms with Gasteiger partial charge in [0.15, 0.2) is 5.82 Å². The van der Waals surface area contributed by atoms with Crippen LogP contribution in [0, 0.1) is 12.8 Å². The lowest BCUT2D eigenvalue weighted by atomic mass is 10.00. The number of aliphatic hydroxyl groups excluding tert-OH is 1. The molecule has 0 radical (unpaired) electrons. The van der Waals surface area contributed by atoms with E-state index in [0.717, 1.165) is 41.7 Å². The van der Waals surface area contributed by atoms with Crippen molar-refractivity contribution in [2.75, 3.05) is 19.8 Å². The van der Waals surface area contributed by atoms with Crippen LogP contribution in [0.25, 0.3) is 10.9 Å². The maximum absolute atomic E-state index is 12.9. The molecule has 3 aromatic rings. The summed E-state index contributed by atoms with van der Waals surface area (Å²) in [5.74, 6) is 0.964. The summed E-state index contributed by atoms with van der Waals surface area (Å²) in [6, 6.07) is 7.87. The zero-order chi connectivity index (χ0) is 23.4. The second kappa shape index (κ2) is 10.5. The molecule has 2 atom stereocenters. The van der Waals surface area contributed by atoms with Gasteiger partial charge in [-0.15, -0.1) is 5.10 Å². The van der Waals surface area contributed by atoms with Crippen molar-refractivity contribution in [1.82, 2.24) is 30.1 Å². The largest absolute Gasteiger partial charge is 0.396 e. The summed E-state index contributed by atoms with van der Waals surface area (Å²) in [6.07, 6.45) is 2.78. The van der Waals surface area contributed by atoms with E-state index in [-0.39, 0.29) is 30.2 Å². The highest BCUT2D eigenvalue weighted by Crippen LogP contribution is 2.29. The van der Waals surface area contributed by atoms with E-state index in [9.17, 15) is 9.90 Å². The van der Waals surface area contributed by atoms with Crippen molar-refractivity contribution in [3.8, 4) is 0 Å². The van der Waals surface area contributed by atoms with Gasteiger partial charge in [-0.25, -0.2) is 4.68 Å². The first kappa shape index (κ1) is 23.5. The number of rotatable bonds is 10. The normalized spacial score (nSPS) is 17.5. The van der Waals surface area contributed by atoms with Crippen molar-refractivity contribution >= 4 is 10.9 Å². The molecule has 0 spiro atoms. The maximum Gasteiger partial charge on any atom is 0.252 e. The number of nitrogens with zero attached hydrogens (tertiary/aromatic N) is 5. The molecule has 1 aliphatic heterocycles. The minimum Gasteiger partial charge on any atom is -0.396 e. The first-order valence-corrected chi connectivity index (χ1v) is 11.8. The Morgan fingerprint density at radius 1 is 1.33 bits per heavy atom. The van der Waals surface area contributed by atoms with Gasteiger partial charge in [0.2, 0.25) is 0 Å². The number of H-pyrrole nitrogens is 1. The Balaban J connectivity index is 1.66. The first-order chi connectivity index (χ1) is 16.0. The quantitative estimate of drug-likeness (QED) is 0.485. The predicted molar refractivity (Wildman–Crippen MR) is 126 cm³/mol. The summed E-state index contributed by atoms with van der Waals surface area (Å²) in [4.78, 5) is 18.1. The number of tetrazole rings is 1. The topological polar surface area (TPSA) is 109 Å². The highest BCUT2D eigenvalue weighted by atomic mass is 16.5. The lowest BCUT2D eigenvalue weighted by Gasteiger charge is -2.33. The van der Waals surface area contributed by atoms with Crippen LogP contribution in [0.4, 0.5) is 0 Å². The molecule has 9 nitrogen and oxygen atoms in total. The minimum atomic E-state index is -0.111. The van der Waals surface area contributed by atoms with Gasteiger partial charge in [0.25, 0.3) is 5.56 Å². The van der Waals surface area contributed by atoms with Crippen molar-refractivity contribution in [2.45, 2.75) is 65.3 Å². The van der Waals surface area contributed by atoms with Crippen LogP contribution in [0.2, 0.25) is 0 Å². The number of hydrogen-bond donors (Lipinski definition) is 2. The second-order valence-corrected chi connectivity index (χ2v) is 9.31. The van der Waals surface area contributed by atoms with E-state index in [0.29, 0.717) is 31.6 Å². The van der Waals surface area contributed by atoms with Crippen LogP contribution in [0.1, 0.15) is 56.1 Å². The summed E-state index contributed by atoms with van der Waals surface area (Å²) in [5, 5.41) is 23.2. The van der Waals surface area contributed by atoms with E-state index in [1.165, 1.54) is 0 Å². The second-order valence-electron chi connectivity index (χ2n) is 9.31. The summed E-state index contributed by atoms with van der Waals surface area (Å²) >= 11 is 0. The van der Waals surface area contributed by atoms with Gasteiger partial charge < -0.3 is 14.8 Å². The van der Waals surface area contributed by atoms with Crippen molar-refractivity contribution < 1.29 is 9.84 Å². The van der Waals surface area contributed by atoms with Crippen molar-refractivity contribution in [1.29, 1.82) is 0 Å². The molecule has 4 rings (SSSR count). The molecule has 3 heterocycles. The molecular weight excluding hydrogens is 420 g/mol. The van der Waals surface area contributed by atoms with Gasteiger partial charge in [-0.1, -0.05) is 25.5 Å². The molecule has 1 fully saturated rings. The number of hydrogen-bond acceptors (Lipinski definition) is 7. The van der Waals surface area contributed by atoms with Gasteiger partial charge in [-0.3, -0.25) is 9.69 Å². The highest BCUT2D eigenvalue weighted by molar-refractivity contribution is 5.79. The van der Waals surface area contributed by atoms with Gasteiger partial charge in [0.05, 0.1) is 18.7 Å². The number of pyridine rings is 1. The molecule has 33 heavy (non-hydrogen) atoms. The summed E-state index contributed by atoms with van der Waals surface area (Å²) < 4.78 is 7.65. The number of aromatic amines is 1. The number of ether oxygens (including phenoxy) is 1. The standard InChI is InChI=1S/C24H34N6O3/c1-16(2)22(23-26-27-28-30(23)15-20-6-4-11-33-20)29(9-5-10-31)14-19-13-18-12-17(3)7-8-21(18)25-24(19)32/h7-8,12-13,16,20,22,31H,4-6,9-11,14-15H2,1-3H3,(H,25,32)/t20-,22+/m1/s1. The first-order valence-electron chi connectivity index (χ1n) is 11.8. The number of aromatic nitrogens is 5. The average Bonchev–Trinajstić information content (AvgIpc) is 3.45. The summed E-state index contributed by atoms with van der Waals surface area (Å²) in [6.45, 7) is 8.85. The van der Waals surface area contributed by atoms with Gasteiger partial charge in [-0.2, -0.15) is 0 Å². The third-order valence-corrected chi connectivity index (χ3v) is 6.30. The Bertz CT molecular complexity index is 1120. The van der Waals surface area contributed by atoms with Crippen LogP contribution in [0.15, 0.2) is 29.1 Å². The molecule has 0 bridgehead atoms. The summed E-state index contributed by atoms with van der Waals surface area (Å²) in [7, 11) is 0. The van der Waals surface area contributed by atoms with Gasteiger partial charge >= 0.3 is 0 Å². The van der Waals surface area contributed by atoms with E-state index in [1.807, 2.05) is 29.8 Å². The minimum absolute atomic E-state index is 0.0788. The third-order valence-electron chi connectivity index (χ3n) is 6.30. The average molecular weight is 455 g/mol. The Morgan fingerprint density at radius 3 is 2.91 bits per heavy atom. The Labute approximate surface area is 193 Å². The number of benzene rings is 1. The van der Waals surface area contributed by atoms with Crippen LogP contribution in [0.3, 0.4) is 0 Å². The monoisotopic (exact) mass is 454 g/mol. The molecule has 2 N–H and O–H groups in total. The maximum atomic E-state index is 12.9. The van der Waals surface area contributed by atoms with Crippen molar-refractivity contribution in [3.05, 3.63) is 51.6 Å². The van der Waals surface area contributed by atoms with Crippen molar-refractivity contribution in [3.63, 3.8) is 0 Å². The number of aryl methyl sites for hydroxylation is 1. The zero-order valence-electron chi connectivity index (χ0n) is 19.7. The third kappa shape index (κ3) is 5.48. The van der Waals surface area contributed by atoms with E-state index in [1.54, 1.807) is 0 Å². The lowest BCUT2D eigenvalue weighted by Crippen LogP contribution is -2.37. The highest BCUT2D eigenvalue weighted by Gasteiger charge is 2.30. The molecule has 0 amide bonds. The number of fused-ring (bicyclic) bond motifs is 1. The van der Waals surface area contributed by atoms with Gasteiger partial charge in [-0.05, 0) is 66.1 Å².